The van der Waals surface area contributed by atoms with Gasteiger partial charge >= 0.3 is 6.09 Å². The molecule has 1 saturated heterocycles. The second kappa shape index (κ2) is 7.55. The Kier molecular flexibility index (Phi) is 5.05. The van der Waals surface area contributed by atoms with Crippen molar-refractivity contribution in [1.82, 2.24) is 24.9 Å². The van der Waals surface area contributed by atoms with Gasteiger partial charge in [0.05, 0.1) is 18.4 Å². The molecule has 1 aliphatic heterocycles. The first-order chi connectivity index (χ1) is 14.2. The van der Waals surface area contributed by atoms with Gasteiger partial charge in [-0.05, 0) is 58.2 Å². The fraction of sp³-hybridized carbons (Fsp3) is 0.429. The van der Waals surface area contributed by atoms with Crippen LogP contribution in [-0.2, 0) is 0 Å². The number of hydrogen-bond acceptors (Lipinski definition) is 6. The lowest BCUT2D eigenvalue weighted by molar-refractivity contribution is 0.191. The first kappa shape index (κ1) is 20.1. The Hall–Kier alpha value is -3.23. The van der Waals surface area contributed by atoms with Crippen molar-refractivity contribution in [3.8, 4) is 5.75 Å². The molecular weight excluding hydrogens is 387 g/mol. The number of hydrogen-bond donors (Lipinski definition) is 1. The van der Waals surface area contributed by atoms with E-state index in [-0.39, 0.29) is 17.6 Å². The van der Waals surface area contributed by atoms with Crippen molar-refractivity contribution in [2.45, 2.75) is 52.1 Å². The summed E-state index contributed by atoms with van der Waals surface area (Å²) in [4.78, 5) is 23.2. The van der Waals surface area contributed by atoms with Gasteiger partial charge in [-0.25, -0.2) is 18.7 Å². The van der Waals surface area contributed by atoms with Crippen LogP contribution < -0.4 is 15.0 Å². The van der Waals surface area contributed by atoms with Crippen molar-refractivity contribution in [1.29, 1.82) is 0 Å². The molecule has 1 N–H and O–H groups in total. The molecule has 1 fully saturated rings. The Morgan fingerprint density at radius 3 is 2.90 bits per heavy atom. The summed E-state index contributed by atoms with van der Waals surface area (Å²) in [5.74, 6) is 0.649. The van der Waals surface area contributed by atoms with E-state index in [1.165, 1.54) is 12.4 Å². The van der Waals surface area contributed by atoms with Crippen LogP contribution in [0.5, 0.6) is 5.75 Å². The van der Waals surface area contributed by atoms with Crippen molar-refractivity contribution in [3.63, 3.8) is 0 Å². The Bertz CT molecular complexity index is 1090. The van der Waals surface area contributed by atoms with E-state index in [1.807, 2.05) is 33.8 Å². The lowest BCUT2D eigenvalue weighted by Crippen LogP contribution is -2.42. The number of anilines is 1. The van der Waals surface area contributed by atoms with E-state index < -0.39 is 11.6 Å². The van der Waals surface area contributed by atoms with Crippen LogP contribution in [0.25, 0.3) is 5.65 Å². The van der Waals surface area contributed by atoms with Gasteiger partial charge in [-0.1, -0.05) is 0 Å². The van der Waals surface area contributed by atoms with Gasteiger partial charge in [0.25, 0.3) is 0 Å². The Labute approximate surface area is 174 Å². The summed E-state index contributed by atoms with van der Waals surface area (Å²) >= 11 is 0. The zero-order valence-electron chi connectivity index (χ0n) is 17.5. The van der Waals surface area contributed by atoms with Crippen molar-refractivity contribution in [3.05, 3.63) is 47.8 Å². The molecule has 1 amide bonds. The van der Waals surface area contributed by atoms with Crippen LogP contribution in [0, 0.1) is 12.7 Å². The monoisotopic (exact) mass is 412 g/mol. The number of carbonyl (C=O) groups is 1. The number of ether oxygens (including phenoxy) is 1. The fourth-order valence-electron chi connectivity index (χ4n) is 3.73. The summed E-state index contributed by atoms with van der Waals surface area (Å²) in [7, 11) is 0. The van der Waals surface area contributed by atoms with E-state index in [4.69, 9.17) is 9.72 Å². The first-order valence-electron chi connectivity index (χ1n) is 9.94. The molecule has 0 spiro atoms. The molecule has 0 saturated carbocycles. The Morgan fingerprint density at radius 1 is 1.33 bits per heavy atom. The lowest BCUT2D eigenvalue weighted by atomic mass is 10.0. The smallest absolute Gasteiger partial charge is 0.405 e. The van der Waals surface area contributed by atoms with Gasteiger partial charge in [-0.2, -0.15) is 5.10 Å². The highest BCUT2D eigenvalue weighted by molar-refractivity contribution is 5.74. The van der Waals surface area contributed by atoms with Crippen LogP contribution in [-0.4, -0.2) is 37.8 Å². The van der Waals surface area contributed by atoms with Crippen LogP contribution >= 0.6 is 0 Å². The molecule has 1 atom stereocenters. The fourth-order valence-corrected chi connectivity index (χ4v) is 3.73. The van der Waals surface area contributed by atoms with Crippen LogP contribution in [0.4, 0.5) is 15.0 Å². The molecule has 0 radical (unpaired) electrons. The number of aryl methyl sites for hydroxylation is 1. The molecule has 4 rings (SSSR count). The van der Waals surface area contributed by atoms with Crippen LogP contribution in [0.15, 0.2) is 30.7 Å². The van der Waals surface area contributed by atoms with E-state index in [0.29, 0.717) is 5.65 Å². The highest BCUT2D eigenvalue weighted by atomic mass is 19.1. The number of fused-ring (bicyclic) bond motifs is 1. The third-order valence-corrected chi connectivity index (χ3v) is 5.00. The third-order valence-electron chi connectivity index (χ3n) is 5.00. The SMILES string of the molecule is Cc1ncc(F)cc1[C@H]1CCCN1c1ccn2ncc(OC(=O)NC(C)(C)C)c2n1. The number of nitrogens with zero attached hydrogens (tertiary/aromatic N) is 5. The van der Waals surface area contributed by atoms with E-state index in [2.05, 4.69) is 20.3 Å². The zero-order valence-corrected chi connectivity index (χ0v) is 17.5. The highest BCUT2D eigenvalue weighted by Crippen LogP contribution is 2.37. The third kappa shape index (κ3) is 4.05. The van der Waals surface area contributed by atoms with E-state index in [9.17, 15) is 9.18 Å². The number of carbonyl (C=O) groups excluding carboxylic acids is 1. The van der Waals surface area contributed by atoms with E-state index in [0.717, 1.165) is 36.5 Å². The van der Waals surface area contributed by atoms with Gasteiger partial charge in [0, 0.05) is 24.0 Å². The second-order valence-corrected chi connectivity index (χ2v) is 8.51. The van der Waals surface area contributed by atoms with Gasteiger partial charge in [0.1, 0.15) is 11.6 Å². The van der Waals surface area contributed by atoms with Crippen molar-refractivity contribution < 1.29 is 13.9 Å². The lowest BCUT2D eigenvalue weighted by Gasteiger charge is -2.27. The summed E-state index contributed by atoms with van der Waals surface area (Å²) in [5.41, 5.74) is 1.69. The molecule has 3 aromatic heterocycles. The molecule has 0 bridgehead atoms. The number of amides is 1. The predicted molar refractivity (Wildman–Crippen MR) is 110 cm³/mol. The minimum atomic E-state index is -0.565. The standard InChI is InChI=1S/C21H25FN6O2/c1-13-15(10-14(22)11-23-13)16-6-5-8-27(16)18-7-9-28-19(25-18)17(12-24-28)30-20(29)26-21(2,3)4/h7,9-12,16H,5-6,8H2,1-4H3,(H,26,29)/t16-/m1/s1. The highest BCUT2D eigenvalue weighted by Gasteiger charge is 2.29. The van der Waals surface area contributed by atoms with Gasteiger partial charge in [0.15, 0.2) is 5.75 Å². The maximum absolute atomic E-state index is 13.8. The predicted octanol–water partition coefficient (Wildman–Crippen LogP) is 3.80. The van der Waals surface area contributed by atoms with Gasteiger partial charge < -0.3 is 15.0 Å². The van der Waals surface area contributed by atoms with Gasteiger partial charge in [0.2, 0.25) is 5.65 Å². The molecule has 4 heterocycles. The summed E-state index contributed by atoms with van der Waals surface area (Å²) < 4.78 is 20.8. The van der Waals surface area contributed by atoms with E-state index in [1.54, 1.807) is 16.8 Å². The zero-order chi connectivity index (χ0) is 21.5. The van der Waals surface area contributed by atoms with Crippen LogP contribution in [0.2, 0.25) is 0 Å². The molecule has 1 aliphatic rings. The molecule has 3 aromatic rings. The average Bonchev–Trinajstić information content (AvgIpc) is 3.29. The number of nitrogens with one attached hydrogen (secondary N) is 1. The van der Waals surface area contributed by atoms with Gasteiger partial charge in [-0.15, -0.1) is 0 Å². The molecule has 0 aromatic carbocycles. The summed E-state index contributed by atoms with van der Waals surface area (Å²) in [6.07, 6.45) is 5.76. The molecule has 0 aliphatic carbocycles. The molecule has 0 unspecified atom stereocenters. The maximum Gasteiger partial charge on any atom is 0.413 e. The van der Waals surface area contributed by atoms with Crippen LogP contribution in [0.1, 0.15) is 50.9 Å². The van der Waals surface area contributed by atoms with Gasteiger partial charge in [-0.3, -0.25) is 4.98 Å². The number of halogens is 1. The van der Waals surface area contributed by atoms with E-state index >= 15 is 0 Å². The molecule has 158 valence electrons. The number of rotatable bonds is 3. The maximum atomic E-state index is 13.8. The largest absolute Gasteiger partial charge is 0.413 e. The summed E-state index contributed by atoms with van der Waals surface area (Å²) in [6.45, 7) is 8.30. The van der Waals surface area contributed by atoms with Crippen molar-refractivity contribution in [2.75, 3.05) is 11.4 Å². The molecule has 30 heavy (non-hydrogen) atoms. The minimum absolute atomic E-state index is 0.0142. The Balaban J connectivity index is 1.64. The normalized spacial score (nSPS) is 16.8. The molecule has 8 nitrogen and oxygen atoms in total. The quantitative estimate of drug-likeness (QED) is 0.704. The Morgan fingerprint density at radius 2 is 2.13 bits per heavy atom. The number of aromatic nitrogens is 4. The average molecular weight is 412 g/mol. The van der Waals surface area contributed by atoms with Crippen molar-refractivity contribution in [2.24, 2.45) is 0 Å². The molecular formula is C21H25FN6O2. The second-order valence-electron chi connectivity index (χ2n) is 8.51. The topological polar surface area (TPSA) is 84.7 Å². The summed E-state index contributed by atoms with van der Waals surface area (Å²) in [6, 6.07) is 3.40. The summed E-state index contributed by atoms with van der Waals surface area (Å²) in [5, 5.41) is 6.96. The molecule has 9 heteroatoms. The minimum Gasteiger partial charge on any atom is -0.405 e. The number of pyridine rings is 1. The van der Waals surface area contributed by atoms with Crippen LogP contribution in [0.3, 0.4) is 0 Å². The van der Waals surface area contributed by atoms with Crippen molar-refractivity contribution >= 4 is 17.6 Å². The first-order valence-corrected chi connectivity index (χ1v) is 9.94.